The van der Waals surface area contributed by atoms with Crippen molar-refractivity contribution in [3.05, 3.63) is 29.8 Å². The van der Waals surface area contributed by atoms with Crippen LogP contribution in [-0.4, -0.2) is 50.3 Å². The molecule has 1 saturated heterocycles. The van der Waals surface area contributed by atoms with E-state index in [0.717, 1.165) is 24.5 Å². The molecule has 1 amide bonds. The zero-order chi connectivity index (χ0) is 15.9. The number of ether oxygens (including phenoxy) is 2. The molecule has 1 heterocycles. The molecule has 5 nitrogen and oxygen atoms in total. The van der Waals surface area contributed by atoms with E-state index in [1.807, 2.05) is 36.1 Å². The highest BCUT2D eigenvalue weighted by molar-refractivity contribution is 5.77. The van der Waals surface area contributed by atoms with Gasteiger partial charge in [-0.25, -0.2) is 0 Å². The Hall–Kier alpha value is -1.59. The van der Waals surface area contributed by atoms with Crippen molar-refractivity contribution in [2.45, 2.75) is 32.4 Å². The number of nitrogens with one attached hydrogen (secondary N) is 1. The highest BCUT2D eigenvalue weighted by Crippen LogP contribution is 2.24. The van der Waals surface area contributed by atoms with Crippen molar-refractivity contribution in [3.63, 3.8) is 0 Å². The van der Waals surface area contributed by atoms with Gasteiger partial charge in [-0.2, -0.15) is 0 Å². The largest absolute Gasteiger partial charge is 0.497 e. The van der Waals surface area contributed by atoms with Gasteiger partial charge in [0.1, 0.15) is 5.75 Å². The second kappa shape index (κ2) is 8.15. The normalized spacial score (nSPS) is 19.5. The molecule has 2 atom stereocenters. The Morgan fingerprint density at radius 2 is 2.36 bits per heavy atom. The highest BCUT2D eigenvalue weighted by atomic mass is 16.5. The monoisotopic (exact) mass is 306 g/mol. The van der Waals surface area contributed by atoms with Gasteiger partial charge in [0.25, 0.3) is 0 Å². The van der Waals surface area contributed by atoms with Gasteiger partial charge in [-0.3, -0.25) is 4.79 Å². The molecule has 122 valence electrons. The molecule has 0 spiro atoms. The van der Waals surface area contributed by atoms with Crippen LogP contribution in [0.15, 0.2) is 24.3 Å². The number of benzene rings is 1. The van der Waals surface area contributed by atoms with Crippen LogP contribution in [0.3, 0.4) is 0 Å². The molecule has 0 radical (unpaired) electrons. The molecule has 1 aliphatic rings. The topological polar surface area (TPSA) is 50.8 Å². The number of amides is 1. The van der Waals surface area contributed by atoms with Crippen molar-refractivity contribution < 1.29 is 14.3 Å². The minimum atomic E-state index is 0.0251. The molecule has 2 rings (SSSR count). The van der Waals surface area contributed by atoms with Crippen LogP contribution in [0.25, 0.3) is 0 Å². The van der Waals surface area contributed by atoms with Crippen molar-refractivity contribution in [3.8, 4) is 5.75 Å². The van der Waals surface area contributed by atoms with Gasteiger partial charge in [-0.15, -0.1) is 0 Å². The smallest absolute Gasteiger partial charge is 0.224 e. The average Bonchev–Trinajstić information content (AvgIpc) is 2.56. The Kier molecular flexibility index (Phi) is 6.21. The number of methoxy groups -OCH3 is 1. The quantitative estimate of drug-likeness (QED) is 0.873. The van der Waals surface area contributed by atoms with Crippen LogP contribution < -0.4 is 10.1 Å². The Balaban J connectivity index is 2.03. The predicted octanol–water partition coefficient (Wildman–Crippen LogP) is 1.98. The standard InChI is InChI=1S/C17H26N2O3/c1-4-19(17(20)11-15-12-22-9-8-18-15)13(2)14-6-5-7-16(10-14)21-3/h5-7,10,13,15,18H,4,8-9,11-12H2,1-3H3. The summed E-state index contributed by atoms with van der Waals surface area (Å²) in [5.74, 6) is 0.969. The van der Waals surface area contributed by atoms with Gasteiger partial charge in [0.2, 0.25) is 5.91 Å². The zero-order valence-corrected chi connectivity index (χ0v) is 13.7. The van der Waals surface area contributed by atoms with Gasteiger partial charge < -0.3 is 19.7 Å². The lowest BCUT2D eigenvalue weighted by Gasteiger charge is -2.31. The fourth-order valence-corrected chi connectivity index (χ4v) is 2.83. The number of nitrogens with zero attached hydrogens (tertiary/aromatic N) is 1. The van der Waals surface area contributed by atoms with Crippen LogP contribution >= 0.6 is 0 Å². The predicted molar refractivity (Wildman–Crippen MR) is 86.0 cm³/mol. The summed E-state index contributed by atoms with van der Waals surface area (Å²) in [6.45, 7) is 6.90. The molecule has 0 saturated carbocycles. The lowest BCUT2D eigenvalue weighted by Crippen LogP contribution is -2.45. The second-order valence-electron chi connectivity index (χ2n) is 5.56. The van der Waals surface area contributed by atoms with Crippen LogP contribution in [0, 0.1) is 0 Å². The summed E-state index contributed by atoms with van der Waals surface area (Å²) in [6.07, 6.45) is 0.474. The summed E-state index contributed by atoms with van der Waals surface area (Å²) in [7, 11) is 1.65. The van der Waals surface area contributed by atoms with Crippen molar-refractivity contribution in [2.75, 3.05) is 33.4 Å². The molecule has 1 N–H and O–H groups in total. The van der Waals surface area contributed by atoms with E-state index in [1.54, 1.807) is 7.11 Å². The molecular formula is C17H26N2O3. The maximum Gasteiger partial charge on any atom is 0.224 e. The minimum absolute atomic E-state index is 0.0251. The first-order chi connectivity index (χ1) is 10.7. The molecule has 1 aliphatic heterocycles. The van der Waals surface area contributed by atoms with Gasteiger partial charge in [0.15, 0.2) is 0 Å². The molecule has 0 aromatic heterocycles. The Morgan fingerprint density at radius 3 is 3.00 bits per heavy atom. The highest BCUT2D eigenvalue weighted by Gasteiger charge is 2.24. The van der Waals surface area contributed by atoms with E-state index in [9.17, 15) is 4.79 Å². The van der Waals surface area contributed by atoms with E-state index in [-0.39, 0.29) is 18.0 Å². The van der Waals surface area contributed by atoms with Crippen LogP contribution in [0.5, 0.6) is 5.75 Å². The third-order valence-electron chi connectivity index (χ3n) is 4.12. The summed E-state index contributed by atoms with van der Waals surface area (Å²) in [6, 6.07) is 8.04. The number of rotatable bonds is 6. The fourth-order valence-electron chi connectivity index (χ4n) is 2.83. The third-order valence-corrected chi connectivity index (χ3v) is 4.12. The minimum Gasteiger partial charge on any atom is -0.497 e. The lowest BCUT2D eigenvalue weighted by molar-refractivity contribution is -0.134. The number of hydrogen-bond acceptors (Lipinski definition) is 4. The van der Waals surface area contributed by atoms with Gasteiger partial charge in [0, 0.05) is 25.6 Å². The van der Waals surface area contributed by atoms with E-state index in [4.69, 9.17) is 9.47 Å². The van der Waals surface area contributed by atoms with Gasteiger partial charge >= 0.3 is 0 Å². The first kappa shape index (κ1) is 16.8. The molecule has 1 fully saturated rings. The summed E-state index contributed by atoms with van der Waals surface area (Å²) in [5, 5.41) is 3.33. The Morgan fingerprint density at radius 1 is 1.55 bits per heavy atom. The molecule has 1 aromatic carbocycles. The average molecular weight is 306 g/mol. The maximum atomic E-state index is 12.6. The molecular weight excluding hydrogens is 280 g/mol. The Bertz CT molecular complexity index is 487. The third kappa shape index (κ3) is 4.21. The maximum absolute atomic E-state index is 12.6. The van der Waals surface area contributed by atoms with Crippen molar-refractivity contribution in [2.24, 2.45) is 0 Å². The molecule has 1 aromatic rings. The molecule has 2 unspecified atom stereocenters. The van der Waals surface area contributed by atoms with E-state index in [1.165, 1.54) is 0 Å². The van der Waals surface area contributed by atoms with Gasteiger partial charge in [-0.05, 0) is 31.5 Å². The van der Waals surface area contributed by atoms with E-state index < -0.39 is 0 Å². The molecule has 0 aliphatic carbocycles. The molecule has 0 bridgehead atoms. The number of morpholine rings is 1. The van der Waals surface area contributed by atoms with Crippen LogP contribution in [0.4, 0.5) is 0 Å². The number of carbonyl (C=O) groups is 1. The molecule has 5 heteroatoms. The summed E-state index contributed by atoms with van der Waals surface area (Å²) >= 11 is 0. The van der Waals surface area contributed by atoms with Crippen molar-refractivity contribution >= 4 is 5.91 Å². The lowest BCUT2D eigenvalue weighted by atomic mass is 10.0. The van der Waals surface area contributed by atoms with Crippen LogP contribution in [-0.2, 0) is 9.53 Å². The van der Waals surface area contributed by atoms with Crippen molar-refractivity contribution in [1.29, 1.82) is 0 Å². The van der Waals surface area contributed by atoms with E-state index in [2.05, 4.69) is 12.2 Å². The molecule has 22 heavy (non-hydrogen) atoms. The van der Waals surface area contributed by atoms with Crippen LogP contribution in [0.1, 0.15) is 31.9 Å². The number of carbonyl (C=O) groups excluding carboxylic acids is 1. The zero-order valence-electron chi connectivity index (χ0n) is 13.7. The first-order valence-corrected chi connectivity index (χ1v) is 7.90. The van der Waals surface area contributed by atoms with Crippen molar-refractivity contribution in [1.82, 2.24) is 10.2 Å². The number of hydrogen-bond donors (Lipinski definition) is 1. The van der Waals surface area contributed by atoms with E-state index >= 15 is 0 Å². The summed E-state index contributed by atoms with van der Waals surface area (Å²) < 4.78 is 10.7. The van der Waals surface area contributed by atoms with Gasteiger partial charge in [0.05, 0.1) is 26.4 Å². The Labute approximate surface area is 132 Å². The van der Waals surface area contributed by atoms with Crippen LogP contribution in [0.2, 0.25) is 0 Å². The summed E-state index contributed by atoms with van der Waals surface area (Å²) in [4.78, 5) is 14.5. The van der Waals surface area contributed by atoms with Gasteiger partial charge in [-0.1, -0.05) is 12.1 Å². The first-order valence-electron chi connectivity index (χ1n) is 7.90. The SMILES string of the molecule is CCN(C(=O)CC1COCCN1)C(C)c1cccc(OC)c1. The summed E-state index contributed by atoms with van der Waals surface area (Å²) in [5.41, 5.74) is 1.09. The second-order valence-corrected chi connectivity index (χ2v) is 5.56. The van der Waals surface area contributed by atoms with E-state index in [0.29, 0.717) is 19.6 Å². The fraction of sp³-hybridized carbons (Fsp3) is 0.588.